The van der Waals surface area contributed by atoms with Gasteiger partial charge in [-0.15, -0.1) is 0 Å². The summed E-state index contributed by atoms with van der Waals surface area (Å²) in [7, 11) is 0.960. The number of benzene rings is 2. The number of hydrogen-bond acceptors (Lipinski definition) is 4. The smallest absolute Gasteiger partial charge is 0.175 e. The first-order chi connectivity index (χ1) is 13.3. The number of halogens is 1. The van der Waals surface area contributed by atoms with Crippen LogP contribution in [0.4, 0.5) is 4.39 Å². The van der Waals surface area contributed by atoms with E-state index in [0.717, 1.165) is 42.6 Å². The highest BCUT2D eigenvalue weighted by molar-refractivity contribution is 7.90. The fourth-order valence-electron chi connectivity index (χ4n) is 4.86. The second kappa shape index (κ2) is 7.25. The van der Waals surface area contributed by atoms with Gasteiger partial charge in [0.05, 0.1) is 4.90 Å². The van der Waals surface area contributed by atoms with E-state index in [1.807, 2.05) is 18.2 Å². The lowest BCUT2D eigenvalue weighted by molar-refractivity contribution is 0.213. The molecule has 0 radical (unpaired) electrons. The second-order valence-corrected chi connectivity index (χ2v) is 10.3. The number of rotatable bonds is 4. The van der Waals surface area contributed by atoms with Gasteiger partial charge >= 0.3 is 0 Å². The van der Waals surface area contributed by atoms with Gasteiger partial charge in [0.1, 0.15) is 5.82 Å². The lowest BCUT2D eigenvalue weighted by atomic mass is 9.94. The van der Waals surface area contributed by atoms with Gasteiger partial charge in [-0.2, -0.15) is 0 Å². The first-order valence-corrected chi connectivity index (χ1v) is 11.6. The van der Waals surface area contributed by atoms with E-state index in [0.29, 0.717) is 10.9 Å². The highest BCUT2D eigenvalue weighted by atomic mass is 32.2. The van der Waals surface area contributed by atoms with Crippen LogP contribution >= 0.6 is 0 Å². The molecule has 0 N–H and O–H groups in total. The van der Waals surface area contributed by atoms with Crippen LogP contribution in [-0.2, 0) is 16.3 Å². The van der Waals surface area contributed by atoms with Gasteiger partial charge in [0, 0.05) is 42.9 Å². The Morgan fingerprint density at radius 1 is 1.07 bits per heavy atom. The Kier molecular flexibility index (Phi) is 5.06. The molecular formula is C22H27FN2O2S. The molecule has 0 amide bonds. The average Bonchev–Trinajstić information content (AvgIpc) is 3.26. The average molecular weight is 403 g/mol. The molecule has 0 spiro atoms. The van der Waals surface area contributed by atoms with E-state index >= 15 is 0 Å². The molecule has 1 aliphatic heterocycles. The summed E-state index contributed by atoms with van der Waals surface area (Å²) in [6.07, 6.45) is 3.11. The fourth-order valence-corrected chi connectivity index (χ4v) is 5.49. The van der Waals surface area contributed by atoms with Crippen molar-refractivity contribution in [2.24, 2.45) is 0 Å². The van der Waals surface area contributed by atoms with Gasteiger partial charge in [-0.25, -0.2) is 12.8 Å². The van der Waals surface area contributed by atoms with Crippen LogP contribution < -0.4 is 0 Å². The predicted molar refractivity (Wildman–Crippen MR) is 109 cm³/mol. The molecule has 2 aromatic carbocycles. The summed E-state index contributed by atoms with van der Waals surface area (Å²) in [5, 5.41) is 0. The highest BCUT2D eigenvalue weighted by Crippen LogP contribution is 2.42. The van der Waals surface area contributed by atoms with Crippen molar-refractivity contribution in [2.45, 2.75) is 35.7 Å². The maximum Gasteiger partial charge on any atom is 0.175 e. The van der Waals surface area contributed by atoms with Gasteiger partial charge in [-0.1, -0.05) is 24.3 Å². The van der Waals surface area contributed by atoms with Gasteiger partial charge in [-0.3, -0.25) is 4.90 Å². The Hall–Kier alpha value is -1.76. The third kappa shape index (κ3) is 3.49. The minimum Gasteiger partial charge on any atom is -0.305 e. The number of nitrogens with zero attached hydrogens (tertiary/aromatic N) is 2. The maximum atomic E-state index is 14.5. The van der Waals surface area contributed by atoms with Gasteiger partial charge in [0.25, 0.3) is 0 Å². The molecule has 0 saturated carbocycles. The topological polar surface area (TPSA) is 40.6 Å². The minimum absolute atomic E-state index is 0.0950. The molecule has 1 fully saturated rings. The molecule has 28 heavy (non-hydrogen) atoms. The van der Waals surface area contributed by atoms with Crippen molar-refractivity contribution in [1.82, 2.24) is 9.80 Å². The quantitative estimate of drug-likeness (QED) is 0.787. The maximum absolute atomic E-state index is 14.5. The SMILES string of the molecule is CN(C)[C@@H]1CN([C@@H]2CCc3cccc(F)c32)C[C@H]1c1ccc(S(C)(=O)=O)cc1. The van der Waals surface area contributed by atoms with E-state index in [-0.39, 0.29) is 17.8 Å². The van der Waals surface area contributed by atoms with Gasteiger partial charge in [0.2, 0.25) is 0 Å². The second-order valence-electron chi connectivity index (χ2n) is 8.30. The number of fused-ring (bicyclic) bond motifs is 1. The van der Waals surface area contributed by atoms with Gasteiger partial charge in [0.15, 0.2) is 9.84 Å². The Balaban J connectivity index is 1.62. The van der Waals surface area contributed by atoms with Crippen LogP contribution in [0.5, 0.6) is 0 Å². The summed E-state index contributed by atoms with van der Waals surface area (Å²) in [5.74, 6) is 0.168. The molecular weight excluding hydrogens is 375 g/mol. The third-order valence-corrected chi connectivity index (χ3v) is 7.45. The molecule has 4 nitrogen and oxygen atoms in total. The third-order valence-electron chi connectivity index (χ3n) is 6.32. The zero-order valence-corrected chi connectivity index (χ0v) is 17.4. The zero-order valence-electron chi connectivity index (χ0n) is 16.6. The Labute approximate surface area is 166 Å². The summed E-state index contributed by atoms with van der Waals surface area (Å²) < 4.78 is 38.1. The van der Waals surface area contributed by atoms with Crippen molar-refractivity contribution in [3.63, 3.8) is 0 Å². The Morgan fingerprint density at radius 2 is 1.79 bits per heavy atom. The summed E-state index contributed by atoms with van der Waals surface area (Å²) in [6.45, 7) is 1.73. The standard InChI is InChI=1S/C22H27FN2O2S/c1-24(2)21-14-25(20-12-9-16-5-4-6-19(23)22(16)20)13-18(21)15-7-10-17(11-8-15)28(3,26)27/h4-8,10-11,18,20-21H,9,12-14H2,1-3H3/t18-,20+,21+/m0/s1. The highest BCUT2D eigenvalue weighted by Gasteiger charge is 2.41. The normalized spacial score (nSPS) is 25.4. The monoisotopic (exact) mass is 402 g/mol. The van der Waals surface area contributed by atoms with Crippen molar-refractivity contribution < 1.29 is 12.8 Å². The molecule has 1 aliphatic carbocycles. The summed E-state index contributed by atoms with van der Waals surface area (Å²) in [4.78, 5) is 4.99. The van der Waals surface area contributed by atoms with E-state index in [2.05, 4.69) is 23.9 Å². The number of likely N-dealkylation sites (tertiary alicyclic amines) is 1. The molecule has 0 aromatic heterocycles. The molecule has 150 valence electrons. The van der Waals surface area contributed by atoms with E-state index in [9.17, 15) is 12.8 Å². The van der Waals surface area contributed by atoms with E-state index < -0.39 is 9.84 Å². The first kappa shape index (κ1) is 19.6. The lowest BCUT2D eigenvalue weighted by Gasteiger charge is -2.26. The molecule has 1 saturated heterocycles. The number of sulfone groups is 1. The Morgan fingerprint density at radius 3 is 2.43 bits per heavy atom. The molecule has 4 rings (SSSR count). The lowest BCUT2D eigenvalue weighted by Crippen LogP contribution is -2.35. The molecule has 0 bridgehead atoms. The van der Waals surface area contributed by atoms with Crippen LogP contribution in [0.15, 0.2) is 47.4 Å². The molecule has 6 heteroatoms. The molecule has 0 unspecified atom stereocenters. The number of aryl methyl sites for hydroxylation is 1. The summed E-state index contributed by atoms with van der Waals surface area (Å²) in [5.41, 5.74) is 3.14. The van der Waals surface area contributed by atoms with Crippen molar-refractivity contribution in [1.29, 1.82) is 0 Å². The molecule has 1 heterocycles. The van der Waals surface area contributed by atoms with Crippen LogP contribution in [-0.4, -0.2) is 57.7 Å². The van der Waals surface area contributed by atoms with Crippen molar-refractivity contribution in [3.05, 3.63) is 65.0 Å². The van der Waals surface area contributed by atoms with E-state index in [4.69, 9.17) is 0 Å². The molecule has 3 atom stereocenters. The molecule has 2 aromatic rings. The minimum atomic E-state index is -3.20. The predicted octanol–water partition coefficient (Wildman–Crippen LogP) is 3.25. The van der Waals surface area contributed by atoms with Crippen molar-refractivity contribution >= 4 is 9.84 Å². The fraction of sp³-hybridized carbons (Fsp3) is 0.455. The van der Waals surface area contributed by atoms with Crippen LogP contribution in [0.1, 0.15) is 35.1 Å². The number of hydrogen-bond donors (Lipinski definition) is 0. The number of likely N-dealkylation sites (N-methyl/N-ethyl adjacent to an activating group) is 1. The van der Waals surface area contributed by atoms with Gasteiger partial charge in [-0.05, 0) is 56.3 Å². The van der Waals surface area contributed by atoms with E-state index in [1.54, 1.807) is 24.3 Å². The van der Waals surface area contributed by atoms with Crippen LogP contribution in [0.3, 0.4) is 0 Å². The van der Waals surface area contributed by atoms with Crippen molar-refractivity contribution in [3.8, 4) is 0 Å². The van der Waals surface area contributed by atoms with Crippen LogP contribution in [0.2, 0.25) is 0 Å². The first-order valence-electron chi connectivity index (χ1n) is 9.73. The van der Waals surface area contributed by atoms with E-state index in [1.165, 1.54) is 6.26 Å². The largest absolute Gasteiger partial charge is 0.305 e. The zero-order chi connectivity index (χ0) is 20.1. The summed E-state index contributed by atoms with van der Waals surface area (Å²) in [6, 6.07) is 13.1. The van der Waals surface area contributed by atoms with Gasteiger partial charge < -0.3 is 4.90 Å². The Bertz CT molecular complexity index is 973. The summed E-state index contributed by atoms with van der Waals surface area (Å²) >= 11 is 0. The van der Waals surface area contributed by atoms with Crippen molar-refractivity contribution in [2.75, 3.05) is 33.4 Å². The van der Waals surface area contributed by atoms with Crippen LogP contribution in [0, 0.1) is 5.82 Å². The molecule has 2 aliphatic rings. The van der Waals surface area contributed by atoms with Crippen LogP contribution in [0.25, 0.3) is 0 Å².